The lowest BCUT2D eigenvalue weighted by atomic mass is 9.97. The first-order chi connectivity index (χ1) is 8.60. The number of rotatable bonds is 7. The molecular formula is C15H26N2O. The van der Waals surface area contributed by atoms with Gasteiger partial charge in [0, 0.05) is 25.2 Å². The largest absolute Gasteiger partial charge is 0.396 e. The Kier molecular flexibility index (Phi) is 6.33. The van der Waals surface area contributed by atoms with E-state index in [1.165, 1.54) is 11.1 Å². The number of aliphatic hydroxyl groups excluding tert-OH is 1. The topological polar surface area (TPSA) is 49.5 Å². The first kappa shape index (κ1) is 15.2. The van der Waals surface area contributed by atoms with Crippen molar-refractivity contribution < 1.29 is 5.11 Å². The van der Waals surface area contributed by atoms with E-state index in [0.29, 0.717) is 0 Å². The minimum absolute atomic E-state index is 0.0745. The SMILES string of the molecule is CCN(CCCO)C(c1cccc(C)c1)C(C)N. The fraction of sp³-hybridized carbons (Fsp3) is 0.600. The summed E-state index contributed by atoms with van der Waals surface area (Å²) >= 11 is 0. The Hall–Kier alpha value is -0.900. The van der Waals surface area contributed by atoms with Gasteiger partial charge in [0.15, 0.2) is 0 Å². The molecule has 3 heteroatoms. The van der Waals surface area contributed by atoms with Gasteiger partial charge in [-0.25, -0.2) is 0 Å². The van der Waals surface area contributed by atoms with Crippen molar-refractivity contribution in [2.75, 3.05) is 19.7 Å². The lowest BCUT2D eigenvalue weighted by Crippen LogP contribution is -2.40. The van der Waals surface area contributed by atoms with Crippen molar-refractivity contribution in [2.45, 2.75) is 39.3 Å². The van der Waals surface area contributed by atoms with Gasteiger partial charge in [0.05, 0.1) is 0 Å². The van der Waals surface area contributed by atoms with Gasteiger partial charge in [0.1, 0.15) is 0 Å². The molecule has 0 aliphatic heterocycles. The van der Waals surface area contributed by atoms with Crippen molar-refractivity contribution in [2.24, 2.45) is 5.73 Å². The van der Waals surface area contributed by atoms with Gasteiger partial charge >= 0.3 is 0 Å². The third-order valence-electron chi connectivity index (χ3n) is 3.28. The lowest BCUT2D eigenvalue weighted by Gasteiger charge is -2.34. The monoisotopic (exact) mass is 250 g/mol. The second-order valence-corrected chi connectivity index (χ2v) is 4.92. The lowest BCUT2D eigenvalue weighted by molar-refractivity contribution is 0.165. The molecule has 0 aliphatic carbocycles. The normalized spacial score (nSPS) is 14.8. The highest BCUT2D eigenvalue weighted by Crippen LogP contribution is 2.24. The van der Waals surface area contributed by atoms with Crippen molar-refractivity contribution in [3.05, 3.63) is 35.4 Å². The zero-order chi connectivity index (χ0) is 13.5. The molecule has 2 atom stereocenters. The molecule has 0 aliphatic rings. The fourth-order valence-electron chi connectivity index (χ4n) is 2.47. The Morgan fingerprint density at radius 2 is 2.11 bits per heavy atom. The van der Waals surface area contributed by atoms with Crippen LogP contribution in [0, 0.1) is 6.92 Å². The molecule has 2 unspecified atom stereocenters. The predicted octanol–water partition coefficient (Wildman–Crippen LogP) is 2.09. The molecule has 1 aromatic rings. The maximum absolute atomic E-state index is 8.99. The van der Waals surface area contributed by atoms with Crippen LogP contribution in [0.5, 0.6) is 0 Å². The van der Waals surface area contributed by atoms with E-state index in [-0.39, 0.29) is 18.7 Å². The Labute approximate surface area is 111 Å². The highest BCUT2D eigenvalue weighted by Gasteiger charge is 2.22. The highest BCUT2D eigenvalue weighted by molar-refractivity contribution is 5.26. The maximum atomic E-state index is 8.99. The molecular weight excluding hydrogens is 224 g/mol. The number of aryl methyl sites for hydroxylation is 1. The van der Waals surface area contributed by atoms with Crippen molar-refractivity contribution in [1.29, 1.82) is 0 Å². The zero-order valence-electron chi connectivity index (χ0n) is 11.8. The van der Waals surface area contributed by atoms with Crippen molar-refractivity contribution in [3.63, 3.8) is 0 Å². The number of hydrogen-bond acceptors (Lipinski definition) is 3. The van der Waals surface area contributed by atoms with Crippen LogP contribution in [0.3, 0.4) is 0 Å². The summed E-state index contributed by atoms with van der Waals surface area (Å²) in [5, 5.41) is 8.99. The van der Waals surface area contributed by atoms with Crippen LogP contribution in [0.4, 0.5) is 0 Å². The molecule has 1 rings (SSSR count). The predicted molar refractivity (Wildman–Crippen MR) is 76.5 cm³/mol. The molecule has 102 valence electrons. The Balaban J connectivity index is 2.93. The van der Waals surface area contributed by atoms with Gasteiger partial charge in [0.25, 0.3) is 0 Å². The molecule has 1 aromatic carbocycles. The summed E-state index contributed by atoms with van der Waals surface area (Å²) in [6, 6.07) is 8.83. The Morgan fingerprint density at radius 3 is 2.61 bits per heavy atom. The van der Waals surface area contributed by atoms with Gasteiger partial charge in [-0.3, -0.25) is 4.90 Å². The van der Waals surface area contributed by atoms with Gasteiger partial charge in [0.2, 0.25) is 0 Å². The quantitative estimate of drug-likeness (QED) is 0.779. The minimum atomic E-state index is 0.0745. The van der Waals surface area contributed by atoms with Crippen molar-refractivity contribution >= 4 is 0 Å². The third kappa shape index (κ3) is 4.09. The van der Waals surface area contributed by atoms with Crippen LogP contribution in [-0.2, 0) is 0 Å². The number of hydrogen-bond donors (Lipinski definition) is 2. The molecule has 0 heterocycles. The second-order valence-electron chi connectivity index (χ2n) is 4.92. The maximum Gasteiger partial charge on any atom is 0.0496 e. The van der Waals surface area contributed by atoms with Crippen LogP contribution in [0.2, 0.25) is 0 Å². The van der Waals surface area contributed by atoms with E-state index in [0.717, 1.165) is 19.5 Å². The van der Waals surface area contributed by atoms with Crippen LogP contribution < -0.4 is 5.73 Å². The number of benzene rings is 1. The van der Waals surface area contributed by atoms with Crippen LogP contribution in [0.1, 0.15) is 37.4 Å². The molecule has 3 N–H and O–H groups in total. The molecule has 0 spiro atoms. The van der Waals surface area contributed by atoms with Crippen LogP contribution >= 0.6 is 0 Å². The standard InChI is InChI=1S/C15H26N2O/c1-4-17(9-6-10-18)15(13(3)16)14-8-5-7-12(2)11-14/h5,7-8,11,13,15,18H,4,6,9-10,16H2,1-3H3. The van der Waals surface area contributed by atoms with Crippen molar-refractivity contribution in [3.8, 4) is 0 Å². The summed E-state index contributed by atoms with van der Waals surface area (Å²) in [6.07, 6.45) is 0.795. The molecule has 0 saturated heterocycles. The third-order valence-corrected chi connectivity index (χ3v) is 3.28. The Morgan fingerprint density at radius 1 is 1.39 bits per heavy atom. The van der Waals surface area contributed by atoms with Gasteiger partial charge in [-0.1, -0.05) is 36.8 Å². The van der Waals surface area contributed by atoms with E-state index < -0.39 is 0 Å². The van der Waals surface area contributed by atoms with Crippen molar-refractivity contribution in [1.82, 2.24) is 4.90 Å². The molecule has 0 radical (unpaired) electrons. The van der Waals surface area contributed by atoms with Crippen LogP contribution in [-0.4, -0.2) is 35.7 Å². The number of nitrogens with zero attached hydrogens (tertiary/aromatic N) is 1. The fourth-order valence-corrected chi connectivity index (χ4v) is 2.47. The first-order valence-electron chi connectivity index (χ1n) is 6.77. The average molecular weight is 250 g/mol. The summed E-state index contributed by atoms with van der Waals surface area (Å²) in [6.45, 7) is 8.35. The summed E-state index contributed by atoms with van der Waals surface area (Å²) < 4.78 is 0. The second kappa shape index (κ2) is 7.52. The van der Waals surface area contributed by atoms with E-state index in [4.69, 9.17) is 10.8 Å². The summed E-state index contributed by atoms with van der Waals surface area (Å²) in [5.74, 6) is 0. The number of aliphatic hydroxyl groups is 1. The van der Waals surface area contributed by atoms with E-state index in [9.17, 15) is 0 Å². The number of likely N-dealkylation sites (N-methyl/N-ethyl adjacent to an activating group) is 1. The number of nitrogens with two attached hydrogens (primary N) is 1. The smallest absolute Gasteiger partial charge is 0.0496 e. The summed E-state index contributed by atoms with van der Waals surface area (Å²) in [4.78, 5) is 2.34. The Bertz CT molecular complexity index is 352. The van der Waals surface area contributed by atoms with Gasteiger partial charge in [-0.15, -0.1) is 0 Å². The van der Waals surface area contributed by atoms with Gasteiger partial charge in [-0.05, 0) is 32.4 Å². The van der Waals surface area contributed by atoms with E-state index in [2.05, 4.69) is 49.9 Å². The molecule has 0 aromatic heterocycles. The molecule has 0 amide bonds. The summed E-state index contributed by atoms with van der Waals surface area (Å²) in [7, 11) is 0. The zero-order valence-corrected chi connectivity index (χ0v) is 11.8. The molecule has 18 heavy (non-hydrogen) atoms. The highest BCUT2D eigenvalue weighted by atomic mass is 16.3. The van der Waals surface area contributed by atoms with Crippen LogP contribution in [0.25, 0.3) is 0 Å². The van der Waals surface area contributed by atoms with Gasteiger partial charge in [-0.2, -0.15) is 0 Å². The van der Waals surface area contributed by atoms with Crippen LogP contribution in [0.15, 0.2) is 24.3 Å². The molecule has 0 bridgehead atoms. The molecule has 3 nitrogen and oxygen atoms in total. The van der Waals surface area contributed by atoms with E-state index in [1.54, 1.807) is 0 Å². The molecule has 0 saturated carbocycles. The van der Waals surface area contributed by atoms with Gasteiger partial charge < -0.3 is 10.8 Å². The summed E-state index contributed by atoms with van der Waals surface area (Å²) in [5.41, 5.74) is 8.69. The first-order valence-corrected chi connectivity index (χ1v) is 6.77. The van der Waals surface area contributed by atoms with E-state index >= 15 is 0 Å². The van der Waals surface area contributed by atoms with E-state index in [1.807, 2.05) is 0 Å². The minimum Gasteiger partial charge on any atom is -0.396 e. The molecule has 0 fully saturated rings. The average Bonchev–Trinajstić information content (AvgIpc) is 2.33.